The summed E-state index contributed by atoms with van der Waals surface area (Å²) in [6.07, 6.45) is 1.74. The second kappa shape index (κ2) is 4.12. The van der Waals surface area contributed by atoms with E-state index in [1.807, 2.05) is 0 Å². The molecule has 72 valence electrons. The van der Waals surface area contributed by atoms with Crippen molar-refractivity contribution < 1.29 is 4.84 Å². The summed E-state index contributed by atoms with van der Waals surface area (Å²) in [6.45, 7) is 7.32. The maximum absolute atomic E-state index is 4.64. The molecule has 0 saturated heterocycles. The summed E-state index contributed by atoms with van der Waals surface area (Å²) >= 11 is 0. The van der Waals surface area contributed by atoms with Gasteiger partial charge in [0.2, 0.25) is 0 Å². The molecule has 0 atom stereocenters. The molecule has 0 bridgehead atoms. The van der Waals surface area contributed by atoms with Gasteiger partial charge in [-0.1, -0.05) is 5.16 Å². The number of rotatable bonds is 3. The van der Waals surface area contributed by atoms with Gasteiger partial charge in [-0.3, -0.25) is 0 Å². The van der Waals surface area contributed by atoms with E-state index >= 15 is 0 Å². The van der Waals surface area contributed by atoms with E-state index in [4.69, 9.17) is 0 Å². The molecule has 0 fully saturated rings. The lowest BCUT2D eigenvalue weighted by Gasteiger charge is -2.03. The van der Waals surface area contributed by atoms with Crippen molar-refractivity contribution in [1.82, 2.24) is 4.57 Å². The molecule has 0 aliphatic carbocycles. The zero-order chi connectivity index (χ0) is 9.84. The molecule has 3 heteroatoms. The van der Waals surface area contributed by atoms with Crippen LogP contribution < -0.4 is 0 Å². The van der Waals surface area contributed by atoms with Gasteiger partial charge in [-0.05, 0) is 26.8 Å². The first-order valence-corrected chi connectivity index (χ1v) is 4.44. The molecular formula is C10H16N2O. The third-order valence-corrected chi connectivity index (χ3v) is 2.23. The molecular weight excluding hydrogens is 164 g/mol. The zero-order valence-electron chi connectivity index (χ0n) is 8.66. The van der Waals surface area contributed by atoms with Gasteiger partial charge in [-0.2, -0.15) is 0 Å². The molecule has 13 heavy (non-hydrogen) atoms. The molecule has 0 aliphatic rings. The fourth-order valence-corrected chi connectivity index (χ4v) is 1.55. The van der Waals surface area contributed by atoms with Gasteiger partial charge in [0.1, 0.15) is 7.11 Å². The fourth-order valence-electron chi connectivity index (χ4n) is 1.55. The van der Waals surface area contributed by atoms with E-state index in [1.54, 1.807) is 13.3 Å². The topological polar surface area (TPSA) is 26.5 Å². The summed E-state index contributed by atoms with van der Waals surface area (Å²) in [4.78, 5) is 4.64. The summed E-state index contributed by atoms with van der Waals surface area (Å²) in [6, 6.07) is 2.11. The molecule has 1 heterocycles. The smallest absolute Gasteiger partial charge is 0.106 e. The third kappa shape index (κ3) is 1.91. The number of aromatic nitrogens is 1. The molecule has 0 amide bonds. The Morgan fingerprint density at radius 1 is 1.54 bits per heavy atom. The van der Waals surface area contributed by atoms with Gasteiger partial charge in [0.05, 0.1) is 6.21 Å². The predicted molar refractivity (Wildman–Crippen MR) is 54.2 cm³/mol. The van der Waals surface area contributed by atoms with Crippen LogP contribution in [0, 0.1) is 13.8 Å². The first-order valence-electron chi connectivity index (χ1n) is 4.44. The molecule has 1 aromatic heterocycles. The standard InChI is InChI=1S/C10H16N2O/c1-5-12-8(2)6-10(9(12)3)7-11-13-4/h6-7H,5H2,1-4H3/b11-7+. The van der Waals surface area contributed by atoms with E-state index in [9.17, 15) is 0 Å². The lowest BCUT2D eigenvalue weighted by atomic mass is 10.3. The van der Waals surface area contributed by atoms with Gasteiger partial charge in [0.25, 0.3) is 0 Å². The third-order valence-electron chi connectivity index (χ3n) is 2.23. The van der Waals surface area contributed by atoms with Gasteiger partial charge in [-0.25, -0.2) is 0 Å². The number of hydrogen-bond acceptors (Lipinski definition) is 2. The van der Waals surface area contributed by atoms with E-state index in [0.29, 0.717) is 0 Å². The molecule has 0 saturated carbocycles. The molecule has 1 aromatic rings. The van der Waals surface area contributed by atoms with Crippen LogP contribution in [0.1, 0.15) is 23.9 Å². The highest BCUT2D eigenvalue weighted by atomic mass is 16.6. The second-order valence-corrected chi connectivity index (χ2v) is 2.99. The average molecular weight is 180 g/mol. The van der Waals surface area contributed by atoms with Crippen molar-refractivity contribution in [3.8, 4) is 0 Å². The Balaban J connectivity index is 3.03. The number of nitrogens with zero attached hydrogens (tertiary/aromatic N) is 2. The van der Waals surface area contributed by atoms with Crippen molar-refractivity contribution in [3.05, 3.63) is 23.0 Å². The first kappa shape index (κ1) is 9.84. The largest absolute Gasteiger partial charge is 0.399 e. The highest BCUT2D eigenvalue weighted by molar-refractivity contribution is 5.81. The first-order chi connectivity index (χ1) is 6.20. The van der Waals surface area contributed by atoms with E-state index in [1.165, 1.54) is 11.4 Å². The quantitative estimate of drug-likeness (QED) is 0.517. The normalized spacial score (nSPS) is 11.1. The summed E-state index contributed by atoms with van der Waals surface area (Å²) in [5.74, 6) is 0. The van der Waals surface area contributed by atoms with Crippen LogP contribution in [0.3, 0.4) is 0 Å². The Labute approximate surface area is 79.0 Å². The van der Waals surface area contributed by atoms with Crippen LogP contribution in [-0.2, 0) is 11.4 Å². The Morgan fingerprint density at radius 2 is 2.23 bits per heavy atom. The average Bonchev–Trinajstić information content (AvgIpc) is 2.38. The monoisotopic (exact) mass is 180 g/mol. The minimum Gasteiger partial charge on any atom is -0.399 e. The molecule has 0 spiro atoms. The summed E-state index contributed by atoms with van der Waals surface area (Å²) in [7, 11) is 1.55. The van der Waals surface area contributed by atoms with Crippen molar-refractivity contribution in [2.45, 2.75) is 27.3 Å². The van der Waals surface area contributed by atoms with Crippen molar-refractivity contribution >= 4 is 6.21 Å². The molecule has 3 nitrogen and oxygen atoms in total. The minimum atomic E-state index is 0.999. The molecule has 1 rings (SSSR count). The molecule has 0 unspecified atom stereocenters. The molecule has 0 radical (unpaired) electrons. The van der Waals surface area contributed by atoms with E-state index in [-0.39, 0.29) is 0 Å². The van der Waals surface area contributed by atoms with Gasteiger partial charge < -0.3 is 9.40 Å². The minimum absolute atomic E-state index is 0.999. The zero-order valence-corrected chi connectivity index (χ0v) is 8.66. The van der Waals surface area contributed by atoms with Crippen LogP contribution in [-0.4, -0.2) is 17.9 Å². The Morgan fingerprint density at radius 3 is 2.69 bits per heavy atom. The van der Waals surface area contributed by atoms with Crippen LogP contribution in [0.25, 0.3) is 0 Å². The van der Waals surface area contributed by atoms with Crippen LogP contribution in [0.2, 0.25) is 0 Å². The summed E-state index contributed by atoms with van der Waals surface area (Å²) in [5.41, 5.74) is 3.62. The Bertz CT molecular complexity index is 313. The Hall–Kier alpha value is -1.25. The number of aryl methyl sites for hydroxylation is 1. The maximum atomic E-state index is 4.64. The van der Waals surface area contributed by atoms with Crippen molar-refractivity contribution in [1.29, 1.82) is 0 Å². The molecule has 0 aliphatic heterocycles. The lowest BCUT2D eigenvalue weighted by molar-refractivity contribution is 0.215. The van der Waals surface area contributed by atoms with Gasteiger partial charge >= 0.3 is 0 Å². The SMILES string of the molecule is CCn1c(C)cc(/C=N/OC)c1C. The molecule has 0 aromatic carbocycles. The predicted octanol–water partition coefficient (Wildman–Crippen LogP) is 2.11. The van der Waals surface area contributed by atoms with Crippen LogP contribution >= 0.6 is 0 Å². The highest BCUT2D eigenvalue weighted by Crippen LogP contribution is 2.12. The number of oxime groups is 1. The van der Waals surface area contributed by atoms with Crippen LogP contribution in [0.5, 0.6) is 0 Å². The lowest BCUT2D eigenvalue weighted by Crippen LogP contribution is -1.99. The van der Waals surface area contributed by atoms with Gasteiger partial charge in [-0.15, -0.1) is 0 Å². The number of hydrogen-bond donors (Lipinski definition) is 0. The second-order valence-electron chi connectivity index (χ2n) is 2.99. The summed E-state index contributed by atoms with van der Waals surface area (Å²) in [5, 5.41) is 3.75. The van der Waals surface area contributed by atoms with Gasteiger partial charge in [0.15, 0.2) is 0 Å². The van der Waals surface area contributed by atoms with Gasteiger partial charge in [0, 0.05) is 23.5 Å². The Kier molecular flexibility index (Phi) is 3.12. The van der Waals surface area contributed by atoms with Crippen molar-refractivity contribution in [2.75, 3.05) is 7.11 Å². The fraction of sp³-hybridized carbons (Fsp3) is 0.500. The highest BCUT2D eigenvalue weighted by Gasteiger charge is 2.04. The van der Waals surface area contributed by atoms with Crippen molar-refractivity contribution in [2.24, 2.45) is 5.16 Å². The summed E-state index contributed by atoms with van der Waals surface area (Å²) < 4.78 is 2.25. The van der Waals surface area contributed by atoms with Crippen LogP contribution in [0.15, 0.2) is 11.2 Å². The van der Waals surface area contributed by atoms with E-state index < -0.39 is 0 Å². The van der Waals surface area contributed by atoms with E-state index in [0.717, 1.165) is 12.1 Å². The van der Waals surface area contributed by atoms with Crippen molar-refractivity contribution in [3.63, 3.8) is 0 Å². The van der Waals surface area contributed by atoms with E-state index in [2.05, 4.69) is 41.4 Å². The molecule has 0 N–H and O–H groups in total. The van der Waals surface area contributed by atoms with Crippen LogP contribution in [0.4, 0.5) is 0 Å². The maximum Gasteiger partial charge on any atom is 0.106 e.